The van der Waals surface area contributed by atoms with Crippen LogP contribution in [0.2, 0.25) is 0 Å². The van der Waals surface area contributed by atoms with Gasteiger partial charge in [0.25, 0.3) is 0 Å². The number of phenolic OH excluding ortho intramolecular Hbond substituents is 1. The fraction of sp³-hybridized carbons (Fsp3) is 0.269. The molecule has 7 nitrogen and oxygen atoms in total. The smallest absolute Gasteiger partial charge is 0.212 e. The average Bonchev–Trinajstić information content (AvgIpc) is 3.43. The molecule has 0 saturated carbocycles. The van der Waals surface area contributed by atoms with E-state index in [2.05, 4.69) is 9.88 Å². The molecule has 2 atom stereocenters. The Morgan fingerprint density at radius 3 is 2.46 bits per heavy atom. The molecule has 2 saturated heterocycles. The summed E-state index contributed by atoms with van der Waals surface area (Å²) in [7, 11) is 0. The zero-order valence-corrected chi connectivity index (χ0v) is 18.7. The van der Waals surface area contributed by atoms with Gasteiger partial charge >= 0.3 is 0 Å². The Hall–Kier alpha value is -4.03. The first kappa shape index (κ1) is 21.5. The first-order chi connectivity index (χ1) is 16.9. The van der Waals surface area contributed by atoms with Gasteiger partial charge in [-0.2, -0.15) is 5.26 Å². The quantitative estimate of drug-likeness (QED) is 0.459. The number of hydrogen-bond acceptors (Lipinski definition) is 6. The van der Waals surface area contributed by atoms with Crippen molar-refractivity contribution in [2.45, 2.75) is 43.8 Å². The first-order valence-electron chi connectivity index (χ1n) is 11.5. The molecule has 35 heavy (non-hydrogen) atoms. The molecule has 0 spiro atoms. The highest BCUT2D eigenvalue weighted by molar-refractivity contribution is 5.91. The summed E-state index contributed by atoms with van der Waals surface area (Å²) < 4.78 is 30.5. The number of nitrogens with two attached hydrogens (primary N) is 1. The Labute approximate surface area is 200 Å². The lowest BCUT2D eigenvalue weighted by Gasteiger charge is -2.39. The molecule has 2 bridgehead atoms. The number of benzene rings is 2. The number of rotatable bonds is 3. The van der Waals surface area contributed by atoms with Gasteiger partial charge < -0.3 is 15.7 Å². The zero-order valence-electron chi connectivity index (χ0n) is 18.7. The second-order valence-electron chi connectivity index (χ2n) is 9.25. The topological polar surface area (TPSA) is 103 Å². The molecule has 2 unspecified atom stereocenters. The van der Waals surface area contributed by atoms with Crippen LogP contribution in [-0.2, 0) is 0 Å². The fourth-order valence-electron chi connectivity index (χ4n) is 5.59. The number of halogens is 2. The molecule has 9 heteroatoms. The van der Waals surface area contributed by atoms with Crippen molar-refractivity contribution in [2.75, 3.05) is 4.90 Å². The number of nitrogens with zero attached hydrogens (tertiary/aromatic N) is 5. The first-order valence-corrected chi connectivity index (χ1v) is 11.5. The molecule has 0 amide bonds. The molecule has 4 heterocycles. The van der Waals surface area contributed by atoms with Gasteiger partial charge in [-0.25, -0.2) is 18.7 Å². The van der Waals surface area contributed by atoms with Gasteiger partial charge in [0.1, 0.15) is 17.5 Å². The number of imidazole rings is 1. The molecule has 176 valence electrons. The minimum atomic E-state index is -0.745. The highest BCUT2D eigenvalue weighted by Gasteiger charge is 2.41. The van der Waals surface area contributed by atoms with Crippen LogP contribution in [0.3, 0.4) is 0 Å². The van der Waals surface area contributed by atoms with Crippen molar-refractivity contribution in [1.82, 2.24) is 14.4 Å². The lowest BCUT2D eigenvalue weighted by atomic mass is 9.97. The van der Waals surface area contributed by atoms with E-state index in [1.54, 1.807) is 12.3 Å². The molecular formula is C26H22F2N6O. The molecule has 6 rings (SSSR count). The Bertz CT molecular complexity index is 1500. The maximum atomic E-state index is 14.7. The maximum absolute atomic E-state index is 14.7. The standard InChI is InChI=1S/C26H22F2N6O/c27-20-6-3-14(10-22(20)35)23-24(15-1-2-16(13-29)21(28)9-15)32-26(33-8-7-31-25(23)33)34-18-4-5-19(34)12-17(30)11-18/h1-3,6-10,17-19,35H,4-5,11-12,30H2. The minimum absolute atomic E-state index is 0.0695. The van der Waals surface area contributed by atoms with Gasteiger partial charge in [-0.1, -0.05) is 12.1 Å². The van der Waals surface area contributed by atoms with Crippen LogP contribution in [0.1, 0.15) is 31.2 Å². The van der Waals surface area contributed by atoms with Crippen LogP contribution >= 0.6 is 0 Å². The van der Waals surface area contributed by atoms with Crippen LogP contribution in [0.5, 0.6) is 5.75 Å². The van der Waals surface area contributed by atoms with Crippen molar-refractivity contribution in [3.63, 3.8) is 0 Å². The summed E-state index contributed by atoms with van der Waals surface area (Å²) in [6, 6.07) is 10.8. The van der Waals surface area contributed by atoms with E-state index in [9.17, 15) is 19.1 Å². The summed E-state index contributed by atoms with van der Waals surface area (Å²) in [6.07, 6.45) is 7.25. The summed E-state index contributed by atoms with van der Waals surface area (Å²) in [5, 5.41) is 19.3. The molecule has 2 fully saturated rings. The number of fused-ring (bicyclic) bond motifs is 3. The van der Waals surface area contributed by atoms with Crippen molar-refractivity contribution in [3.05, 3.63) is 66.0 Å². The number of nitriles is 1. The Kier molecular flexibility index (Phi) is 4.93. The van der Waals surface area contributed by atoms with E-state index in [0.717, 1.165) is 25.7 Å². The van der Waals surface area contributed by atoms with Crippen LogP contribution in [0.4, 0.5) is 14.7 Å². The number of phenols is 1. The Balaban J connectivity index is 1.64. The predicted octanol–water partition coefficient (Wildman–Crippen LogP) is 4.38. The van der Waals surface area contributed by atoms with Crippen molar-refractivity contribution in [3.8, 4) is 34.2 Å². The van der Waals surface area contributed by atoms with Crippen LogP contribution in [0.25, 0.3) is 28.0 Å². The highest BCUT2D eigenvalue weighted by atomic mass is 19.1. The third-order valence-electron chi connectivity index (χ3n) is 7.13. The monoisotopic (exact) mass is 472 g/mol. The number of hydrogen-bond donors (Lipinski definition) is 2. The van der Waals surface area contributed by atoms with E-state index in [4.69, 9.17) is 10.7 Å². The third-order valence-corrected chi connectivity index (χ3v) is 7.13. The van der Waals surface area contributed by atoms with Gasteiger partial charge in [0.05, 0.1) is 16.8 Å². The van der Waals surface area contributed by atoms with Gasteiger partial charge in [-0.3, -0.25) is 4.40 Å². The molecule has 0 radical (unpaired) electrons. The lowest BCUT2D eigenvalue weighted by Crippen LogP contribution is -2.48. The highest BCUT2D eigenvalue weighted by Crippen LogP contribution is 2.42. The zero-order chi connectivity index (χ0) is 24.3. The van der Waals surface area contributed by atoms with Crippen LogP contribution in [0.15, 0.2) is 48.8 Å². The SMILES string of the molecule is N#Cc1ccc(-c2nc(N3C4CCC3CC(N)C4)n3ccnc3c2-c2ccc(F)c(O)c2)cc1F. The summed E-state index contributed by atoms with van der Waals surface area (Å²) in [5.41, 5.74) is 8.67. The predicted molar refractivity (Wildman–Crippen MR) is 127 cm³/mol. The van der Waals surface area contributed by atoms with Crippen LogP contribution in [-0.4, -0.2) is 37.6 Å². The lowest BCUT2D eigenvalue weighted by molar-refractivity contribution is 0.408. The van der Waals surface area contributed by atoms with Crippen molar-refractivity contribution in [2.24, 2.45) is 5.73 Å². The Morgan fingerprint density at radius 2 is 1.77 bits per heavy atom. The van der Waals surface area contributed by atoms with Gasteiger partial charge in [0.15, 0.2) is 11.6 Å². The number of aromatic nitrogens is 3. The summed E-state index contributed by atoms with van der Waals surface area (Å²) in [5.74, 6) is -1.22. The van der Waals surface area contributed by atoms with Crippen molar-refractivity contribution >= 4 is 11.6 Å². The number of piperidine rings is 1. The number of aromatic hydroxyl groups is 1. The largest absolute Gasteiger partial charge is 0.505 e. The molecule has 2 aliphatic heterocycles. The average molecular weight is 472 g/mol. The second-order valence-corrected chi connectivity index (χ2v) is 9.25. The molecule has 2 aliphatic rings. The molecule has 2 aromatic carbocycles. The fourth-order valence-corrected chi connectivity index (χ4v) is 5.59. The van der Waals surface area contributed by atoms with E-state index >= 15 is 0 Å². The van der Waals surface area contributed by atoms with Gasteiger partial charge in [-0.05, 0) is 55.5 Å². The molecule has 4 aromatic rings. The summed E-state index contributed by atoms with van der Waals surface area (Å²) >= 11 is 0. The van der Waals surface area contributed by atoms with E-state index < -0.39 is 17.4 Å². The van der Waals surface area contributed by atoms with E-state index in [-0.39, 0.29) is 23.7 Å². The summed E-state index contributed by atoms with van der Waals surface area (Å²) in [4.78, 5) is 11.9. The van der Waals surface area contributed by atoms with E-state index in [1.807, 2.05) is 16.7 Å². The Morgan fingerprint density at radius 1 is 1.03 bits per heavy atom. The minimum Gasteiger partial charge on any atom is -0.505 e. The van der Waals surface area contributed by atoms with E-state index in [1.165, 1.54) is 30.3 Å². The second kappa shape index (κ2) is 8.03. The maximum Gasteiger partial charge on any atom is 0.212 e. The van der Waals surface area contributed by atoms with Gasteiger partial charge in [0, 0.05) is 36.1 Å². The number of anilines is 1. The van der Waals surface area contributed by atoms with Gasteiger partial charge in [0.2, 0.25) is 5.95 Å². The molecule has 3 N–H and O–H groups in total. The van der Waals surface area contributed by atoms with E-state index in [0.29, 0.717) is 34.0 Å². The normalized spacial score (nSPS) is 21.4. The summed E-state index contributed by atoms with van der Waals surface area (Å²) in [6.45, 7) is 0. The molecule has 0 aliphatic carbocycles. The van der Waals surface area contributed by atoms with Crippen LogP contribution in [0, 0.1) is 23.0 Å². The molecule has 2 aromatic heterocycles. The van der Waals surface area contributed by atoms with Gasteiger partial charge in [-0.15, -0.1) is 0 Å². The van der Waals surface area contributed by atoms with Crippen molar-refractivity contribution in [1.29, 1.82) is 5.26 Å². The van der Waals surface area contributed by atoms with Crippen LogP contribution < -0.4 is 10.6 Å². The third kappa shape index (κ3) is 3.41. The van der Waals surface area contributed by atoms with Crippen molar-refractivity contribution < 1.29 is 13.9 Å². The molecular weight excluding hydrogens is 450 g/mol.